The van der Waals surface area contributed by atoms with Crippen LogP contribution < -0.4 is 5.73 Å². The van der Waals surface area contributed by atoms with Crippen molar-refractivity contribution < 1.29 is 0 Å². The number of nitrogens with zero attached hydrogens (tertiary/aromatic N) is 1. The number of thioether (sulfide) groups is 1. The molecular weight excluding hydrogens is 212 g/mol. The van der Waals surface area contributed by atoms with E-state index in [1.54, 1.807) is 6.20 Å². The zero-order valence-corrected chi connectivity index (χ0v) is 9.83. The van der Waals surface area contributed by atoms with E-state index in [-0.39, 0.29) is 0 Å². The molecule has 1 aromatic rings. The molecule has 0 amide bonds. The SMILES string of the molecule is CCCCSc1ccnc(C(N)=S)c1. The predicted molar refractivity (Wildman–Crippen MR) is 65.8 cm³/mol. The number of aromatic nitrogens is 1. The molecule has 0 bridgehead atoms. The van der Waals surface area contributed by atoms with Crippen LogP contribution in [0.3, 0.4) is 0 Å². The van der Waals surface area contributed by atoms with Crippen molar-refractivity contribution in [2.45, 2.75) is 24.7 Å². The Kier molecular flexibility index (Phi) is 4.90. The number of rotatable bonds is 5. The van der Waals surface area contributed by atoms with Gasteiger partial charge >= 0.3 is 0 Å². The van der Waals surface area contributed by atoms with Crippen molar-refractivity contribution in [3.8, 4) is 0 Å². The minimum atomic E-state index is 0.364. The Bertz CT molecular complexity index is 313. The van der Waals surface area contributed by atoms with Crippen LogP contribution in [0.5, 0.6) is 0 Å². The number of unbranched alkanes of at least 4 members (excludes halogenated alkanes) is 1. The summed E-state index contributed by atoms with van der Waals surface area (Å²) in [7, 11) is 0. The van der Waals surface area contributed by atoms with Gasteiger partial charge in [-0.3, -0.25) is 4.98 Å². The van der Waals surface area contributed by atoms with E-state index in [9.17, 15) is 0 Å². The zero-order chi connectivity index (χ0) is 10.4. The molecule has 0 aromatic carbocycles. The fraction of sp³-hybridized carbons (Fsp3) is 0.400. The van der Waals surface area contributed by atoms with E-state index in [2.05, 4.69) is 11.9 Å². The van der Waals surface area contributed by atoms with Crippen molar-refractivity contribution in [3.63, 3.8) is 0 Å². The van der Waals surface area contributed by atoms with Crippen molar-refractivity contribution in [1.82, 2.24) is 4.98 Å². The molecule has 1 aromatic heterocycles. The van der Waals surface area contributed by atoms with Gasteiger partial charge in [-0.05, 0) is 24.3 Å². The maximum Gasteiger partial charge on any atom is 0.122 e. The van der Waals surface area contributed by atoms with Crippen LogP contribution in [0, 0.1) is 0 Å². The highest BCUT2D eigenvalue weighted by molar-refractivity contribution is 7.99. The molecule has 0 aliphatic rings. The maximum atomic E-state index is 5.50. The number of thiocarbonyl (C=S) groups is 1. The van der Waals surface area contributed by atoms with Crippen LogP contribution in [0.15, 0.2) is 23.2 Å². The van der Waals surface area contributed by atoms with Crippen molar-refractivity contribution in [2.24, 2.45) is 5.73 Å². The Morgan fingerprint density at radius 3 is 3.07 bits per heavy atom. The van der Waals surface area contributed by atoms with Crippen LogP contribution in [0.4, 0.5) is 0 Å². The molecule has 0 saturated heterocycles. The highest BCUT2D eigenvalue weighted by atomic mass is 32.2. The average molecular weight is 226 g/mol. The first kappa shape index (κ1) is 11.5. The van der Waals surface area contributed by atoms with Crippen molar-refractivity contribution >= 4 is 29.0 Å². The molecule has 0 atom stereocenters. The highest BCUT2D eigenvalue weighted by Gasteiger charge is 1.99. The normalized spacial score (nSPS) is 10.1. The summed E-state index contributed by atoms with van der Waals surface area (Å²) >= 11 is 6.68. The molecule has 1 rings (SSSR count). The van der Waals surface area contributed by atoms with E-state index in [1.165, 1.54) is 17.7 Å². The maximum absolute atomic E-state index is 5.50. The third kappa shape index (κ3) is 3.64. The van der Waals surface area contributed by atoms with Gasteiger partial charge in [0, 0.05) is 11.1 Å². The van der Waals surface area contributed by atoms with E-state index in [0.717, 1.165) is 5.75 Å². The Balaban J connectivity index is 2.59. The summed E-state index contributed by atoms with van der Waals surface area (Å²) in [6.07, 6.45) is 4.21. The smallest absolute Gasteiger partial charge is 0.122 e. The standard InChI is InChI=1S/C10H14N2S2/c1-2-3-6-14-8-4-5-12-9(7-8)10(11)13/h4-5,7H,2-3,6H2,1H3,(H2,11,13). The second-order valence-corrected chi connectivity index (χ2v) is 4.55. The quantitative estimate of drug-likeness (QED) is 0.476. The molecular formula is C10H14N2S2. The second kappa shape index (κ2) is 5.98. The molecule has 2 nitrogen and oxygen atoms in total. The molecule has 2 N–H and O–H groups in total. The summed E-state index contributed by atoms with van der Waals surface area (Å²) in [5.74, 6) is 1.14. The number of pyridine rings is 1. The van der Waals surface area contributed by atoms with Gasteiger partial charge in [-0.2, -0.15) is 0 Å². The zero-order valence-electron chi connectivity index (χ0n) is 8.19. The molecule has 0 aliphatic carbocycles. The molecule has 0 spiro atoms. The lowest BCUT2D eigenvalue weighted by Crippen LogP contribution is -2.11. The lowest BCUT2D eigenvalue weighted by Gasteiger charge is -2.02. The van der Waals surface area contributed by atoms with Crippen LogP contribution >= 0.6 is 24.0 Å². The first-order valence-electron chi connectivity index (χ1n) is 4.62. The molecule has 4 heteroatoms. The van der Waals surface area contributed by atoms with Gasteiger partial charge in [0.05, 0.1) is 5.69 Å². The molecule has 76 valence electrons. The first-order chi connectivity index (χ1) is 6.74. The van der Waals surface area contributed by atoms with E-state index in [0.29, 0.717) is 10.7 Å². The third-order valence-electron chi connectivity index (χ3n) is 1.75. The van der Waals surface area contributed by atoms with E-state index in [4.69, 9.17) is 18.0 Å². The van der Waals surface area contributed by atoms with E-state index < -0.39 is 0 Å². The summed E-state index contributed by atoms with van der Waals surface area (Å²) in [6.45, 7) is 2.19. The van der Waals surface area contributed by atoms with Crippen LogP contribution in [0.25, 0.3) is 0 Å². The van der Waals surface area contributed by atoms with Gasteiger partial charge in [0.1, 0.15) is 4.99 Å². The van der Waals surface area contributed by atoms with Crippen LogP contribution in [0.1, 0.15) is 25.5 Å². The van der Waals surface area contributed by atoms with Crippen molar-refractivity contribution in [1.29, 1.82) is 0 Å². The van der Waals surface area contributed by atoms with Crippen LogP contribution in [-0.4, -0.2) is 15.7 Å². The van der Waals surface area contributed by atoms with Crippen molar-refractivity contribution in [3.05, 3.63) is 24.0 Å². The molecule has 0 fully saturated rings. The predicted octanol–water partition coefficient (Wildman–Crippen LogP) is 2.61. The minimum Gasteiger partial charge on any atom is -0.388 e. The average Bonchev–Trinajstić information content (AvgIpc) is 2.19. The largest absolute Gasteiger partial charge is 0.388 e. The van der Waals surface area contributed by atoms with E-state index >= 15 is 0 Å². The van der Waals surface area contributed by atoms with Gasteiger partial charge in [0.25, 0.3) is 0 Å². The number of hydrogen-bond donors (Lipinski definition) is 1. The molecule has 0 unspecified atom stereocenters. The van der Waals surface area contributed by atoms with Gasteiger partial charge in [-0.15, -0.1) is 11.8 Å². The molecule has 0 radical (unpaired) electrons. The van der Waals surface area contributed by atoms with Gasteiger partial charge in [0.15, 0.2) is 0 Å². The Hall–Kier alpha value is -0.610. The van der Waals surface area contributed by atoms with Gasteiger partial charge in [-0.1, -0.05) is 25.6 Å². The van der Waals surface area contributed by atoms with Crippen molar-refractivity contribution in [2.75, 3.05) is 5.75 Å². The van der Waals surface area contributed by atoms with Gasteiger partial charge in [-0.25, -0.2) is 0 Å². The number of nitrogens with two attached hydrogens (primary N) is 1. The van der Waals surface area contributed by atoms with Gasteiger partial charge in [0.2, 0.25) is 0 Å². The fourth-order valence-electron chi connectivity index (χ4n) is 0.970. The van der Waals surface area contributed by atoms with E-state index in [1.807, 2.05) is 23.9 Å². The summed E-state index contributed by atoms with van der Waals surface area (Å²) in [5.41, 5.74) is 6.21. The lowest BCUT2D eigenvalue weighted by molar-refractivity contribution is 0.896. The molecule has 0 saturated carbocycles. The fourth-order valence-corrected chi connectivity index (χ4v) is 2.10. The van der Waals surface area contributed by atoms with Gasteiger partial charge < -0.3 is 5.73 Å². The summed E-state index contributed by atoms with van der Waals surface area (Å²) in [5, 5.41) is 0. The Morgan fingerprint density at radius 1 is 1.64 bits per heavy atom. The minimum absolute atomic E-state index is 0.364. The molecule has 0 aliphatic heterocycles. The monoisotopic (exact) mass is 226 g/mol. The molecule has 14 heavy (non-hydrogen) atoms. The summed E-state index contributed by atoms with van der Waals surface area (Å²) in [6, 6.07) is 3.94. The number of hydrogen-bond acceptors (Lipinski definition) is 3. The highest BCUT2D eigenvalue weighted by Crippen LogP contribution is 2.19. The van der Waals surface area contributed by atoms with Crippen LogP contribution in [0.2, 0.25) is 0 Å². The van der Waals surface area contributed by atoms with Crippen LogP contribution in [-0.2, 0) is 0 Å². The Labute approximate surface area is 94.3 Å². The third-order valence-corrected chi connectivity index (χ3v) is 3.04. The first-order valence-corrected chi connectivity index (χ1v) is 6.02. The lowest BCUT2D eigenvalue weighted by atomic mass is 10.3. The Morgan fingerprint density at radius 2 is 2.43 bits per heavy atom. The second-order valence-electron chi connectivity index (χ2n) is 2.94. The summed E-state index contributed by atoms with van der Waals surface area (Å²) < 4.78 is 0. The summed E-state index contributed by atoms with van der Waals surface area (Å²) in [4.78, 5) is 5.64. The molecule has 1 heterocycles. The topological polar surface area (TPSA) is 38.9 Å².